The number of amides is 4. The molecule has 0 heterocycles. The highest BCUT2D eigenvalue weighted by Crippen LogP contribution is 2.34. The molecule has 7 N–H and O–H groups in total. The lowest BCUT2D eigenvalue weighted by molar-refractivity contribution is -0.142. The van der Waals surface area contributed by atoms with Gasteiger partial charge in [0.2, 0.25) is 11.8 Å². The van der Waals surface area contributed by atoms with Crippen LogP contribution in [0.3, 0.4) is 0 Å². The molecular weight excluding hydrogens is 537 g/mol. The normalized spacial score (nSPS) is 12.5. The molecule has 0 aliphatic heterocycles. The number of halogens is 2. The fourth-order valence-electron chi connectivity index (χ4n) is 4.54. The number of benzene rings is 3. The van der Waals surface area contributed by atoms with Gasteiger partial charge in [-0.1, -0.05) is 71.7 Å². The summed E-state index contributed by atoms with van der Waals surface area (Å²) in [5.41, 5.74) is 19.8. The molecule has 0 radical (unpaired) electrons. The van der Waals surface area contributed by atoms with E-state index in [2.05, 4.69) is 5.32 Å². The van der Waals surface area contributed by atoms with E-state index in [-0.39, 0.29) is 12.5 Å². The molecule has 0 fully saturated rings. The molecule has 206 valence electrons. The fraction of sp³-hybridized carbons (Fsp3) is 0.276. The van der Waals surface area contributed by atoms with Crippen LogP contribution in [-0.4, -0.2) is 35.3 Å². The lowest BCUT2D eigenvalue weighted by Crippen LogP contribution is -2.51. The van der Waals surface area contributed by atoms with Crippen molar-refractivity contribution in [3.8, 4) is 0 Å². The average molecular weight is 571 g/mol. The van der Waals surface area contributed by atoms with Gasteiger partial charge >= 0.3 is 6.03 Å². The third kappa shape index (κ3) is 7.95. The number of nitrogens with one attached hydrogen (secondary N) is 1. The Bertz CT molecular complexity index is 1220. The van der Waals surface area contributed by atoms with Crippen LogP contribution in [0, 0.1) is 0 Å². The molecule has 0 unspecified atom stereocenters. The summed E-state index contributed by atoms with van der Waals surface area (Å²) in [4.78, 5) is 39.9. The highest BCUT2D eigenvalue weighted by atomic mass is 35.5. The molecule has 3 rings (SSSR count). The van der Waals surface area contributed by atoms with E-state index in [4.69, 9.17) is 40.4 Å². The molecule has 8 nitrogen and oxygen atoms in total. The number of hydrogen-bond acceptors (Lipinski definition) is 4. The highest BCUT2D eigenvalue weighted by molar-refractivity contribution is 6.30. The summed E-state index contributed by atoms with van der Waals surface area (Å²) >= 11 is 12.3. The lowest BCUT2D eigenvalue weighted by atomic mass is 9.88. The van der Waals surface area contributed by atoms with Gasteiger partial charge in [-0.2, -0.15) is 0 Å². The van der Waals surface area contributed by atoms with Crippen molar-refractivity contribution in [1.29, 1.82) is 0 Å². The average Bonchev–Trinajstić information content (AvgIpc) is 2.91. The number of urea groups is 1. The number of rotatable bonds is 12. The van der Waals surface area contributed by atoms with Gasteiger partial charge in [-0.25, -0.2) is 4.79 Å². The van der Waals surface area contributed by atoms with E-state index < -0.39 is 29.9 Å². The number of nitrogens with two attached hydrogens (primary N) is 3. The van der Waals surface area contributed by atoms with Gasteiger partial charge < -0.3 is 27.4 Å². The minimum atomic E-state index is -0.894. The third-order valence-corrected chi connectivity index (χ3v) is 7.10. The molecule has 3 aromatic carbocycles. The largest absolute Gasteiger partial charge is 0.368 e. The molecule has 3 aromatic rings. The summed E-state index contributed by atoms with van der Waals surface area (Å²) in [6, 6.07) is 19.4. The molecule has 0 aromatic heterocycles. The van der Waals surface area contributed by atoms with Crippen molar-refractivity contribution >= 4 is 41.0 Å². The van der Waals surface area contributed by atoms with Crippen LogP contribution in [0.1, 0.15) is 54.0 Å². The summed E-state index contributed by atoms with van der Waals surface area (Å²) in [5, 5.41) is 3.62. The second-order valence-electron chi connectivity index (χ2n) is 9.27. The molecule has 0 spiro atoms. The van der Waals surface area contributed by atoms with Gasteiger partial charge in [0, 0.05) is 16.6 Å². The molecular formula is C29H33Cl2N5O3. The lowest BCUT2D eigenvalue weighted by Gasteiger charge is -2.38. The summed E-state index contributed by atoms with van der Waals surface area (Å²) < 4.78 is 0. The quantitative estimate of drug-likeness (QED) is 0.255. The van der Waals surface area contributed by atoms with Crippen LogP contribution in [-0.2, 0) is 16.1 Å². The Morgan fingerprint density at radius 3 is 1.74 bits per heavy atom. The first-order valence-corrected chi connectivity index (χ1v) is 13.3. The molecule has 39 heavy (non-hydrogen) atoms. The molecule has 4 amide bonds. The van der Waals surface area contributed by atoms with E-state index in [1.807, 2.05) is 31.2 Å². The second kappa shape index (κ2) is 14.0. The Labute approximate surface area is 238 Å². The Kier molecular flexibility index (Phi) is 10.7. The molecule has 0 saturated carbocycles. The SMILES string of the molecule is C[C@H](c1ccc(CNC(N)=O)cc1)N(C(=O)C(c1ccc(Cl)cc1)c1ccc(Cl)cc1)[C@H](CCCN)C(N)=O. The number of carbonyl (C=O) groups is 3. The van der Waals surface area contributed by atoms with Crippen molar-refractivity contribution < 1.29 is 14.4 Å². The standard InChI is InChI=1S/C29H33Cl2N5O3/c1-18(20-6-4-19(5-7-20)17-35-29(34)39)36(25(27(33)37)3-2-16-32)28(38)26(21-8-12-23(30)13-9-21)22-10-14-24(31)15-11-22/h4-15,18,25-26H,2-3,16-17,32H2,1H3,(H2,33,37)(H3,34,35,39)/t18-,25-/m1/s1. The summed E-state index contributed by atoms with van der Waals surface area (Å²) in [6.45, 7) is 2.47. The Hall–Kier alpha value is -3.59. The van der Waals surface area contributed by atoms with Crippen molar-refractivity contribution in [3.63, 3.8) is 0 Å². The van der Waals surface area contributed by atoms with Crippen LogP contribution < -0.4 is 22.5 Å². The molecule has 0 aliphatic carbocycles. The smallest absolute Gasteiger partial charge is 0.312 e. The molecule has 10 heteroatoms. The number of nitrogens with zero attached hydrogens (tertiary/aromatic N) is 1. The molecule has 0 aliphatic rings. The van der Waals surface area contributed by atoms with E-state index in [9.17, 15) is 14.4 Å². The highest BCUT2D eigenvalue weighted by Gasteiger charge is 2.37. The Morgan fingerprint density at radius 2 is 1.31 bits per heavy atom. The molecule has 2 atom stereocenters. The topological polar surface area (TPSA) is 145 Å². The van der Waals surface area contributed by atoms with Crippen molar-refractivity contribution in [2.75, 3.05) is 6.54 Å². The zero-order valence-electron chi connectivity index (χ0n) is 21.6. The van der Waals surface area contributed by atoms with Crippen molar-refractivity contribution in [1.82, 2.24) is 10.2 Å². The second-order valence-corrected chi connectivity index (χ2v) is 10.1. The Morgan fingerprint density at radius 1 is 0.821 bits per heavy atom. The zero-order valence-corrected chi connectivity index (χ0v) is 23.2. The van der Waals surface area contributed by atoms with E-state index >= 15 is 0 Å². The first-order chi connectivity index (χ1) is 18.6. The third-order valence-electron chi connectivity index (χ3n) is 6.60. The summed E-state index contributed by atoms with van der Waals surface area (Å²) in [6.07, 6.45) is 0.824. The van der Waals surface area contributed by atoms with E-state index in [1.165, 1.54) is 0 Å². The van der Waals surface area contributed by atoms with Crippen LogP contribution in [0.2, 0.25) is 10.0 Å². The van der Waals surface area contributed by atoms with Gasteiger partial charge in [0.15, 0.2) is 0 Å². The van der Waals surface area contributed by atoms with Gasteiger partial charge in [0.05, 0.1) is 12.0 Å². The minimum Gasteiger partial charge on any atom is -0.368 e. The number of primary amides is 2. The first-order valence-electron chi connectivity index (χ1n) is 12.6. The van der Waals surface area contributed by atoms with Crippen LogP contribution in [0.25, 0.3) is 0 Å². The van der Waals surface area contributed by atoms with Crippen LogP contribution in [0.15, 0.2) is 72.8 Å². The van der Waals surface area contributed by atoms with Crippen LogP contribution in [0.4, 0.5) is 4.79 Å². The van der Waals surface area contributed by atoms with Gasteiger partial charge in [-0.05, 0) is 72.8 Å². The van der Waals surface area contributed by atoms with Gasteiger partial charge in [-0.3, -0.25) is 9.59 Å². The maximum atomic E-state index is 14.5. The van der Waals surface area contributed by atoms with Crippen molar-refractivity contribution in [3.05, 3.63) is 105 Å². The van der Waals surface area contributed by atoms with E-state index in [0.717, 1.165) is 11.1 Å². The van der Waals surface area contributed by atoms with E-state index in [0.29, 0.717) is 40.6 Å². The monoisotopic (exact) mass is 569 g/mol. The predicted octanol–water partition coefficient (Wildman–Crippen LogP) is 4.48. The maximum Gasteiger partial charge on any atom is 0.312 e. The van der Waals surface area contributed by atoms with Gasteiger partial charge in [-0.15, -0.1) is 0 Å². The maximum absolute atomic E-state index is 14.5. The van der Waals surface area contributed by atoms with Gasteiger partial charge in [0.1, 0.15) is 6.04 Å². The van der Waals surface area contributed by atoms with Crippen molar-refractivity contribution in [2.24, 2.45) is 17.2 Å². The first kappa shape index (κ1) is 30.0. The van der Waals surface area contributed by atoms with Gasteiger partial charge in [0.25, 0.3) is 0 Å². The fourth-order valence-corrected chi connectivity index (χ4v) is 4.80. The van der Waals surface area contributed by atoms with Crippen molar-refractivity contribution in [2.45, 2.75) is 44.3 Å². The number of carbonyl (C=O) groups excluding carboxylic acids is 3. The van der Waals surface area contributed by atoms with E-state index in [1.54, 1.807) is 53.4 Å². The van der Waals surface area contributed by atoms with Crippen LogP contribution in [0.5, 0.6) is 0 Å². The summed E-state index contributed by atoms with van der Waals surface area (Å²) in [7, 11) is 0. The zero-order chi connectivity index (χ0) is 28.5. The minimum absolute atomic E-state index is 0.266. The predicted molar refractivity (Wildman–Crippen MR) is 154 cm³/mol. The Balaban J connectivity index is 2.09. The van der Waals surface area contributed by atoms with Crippen LogP contribution >= 0.6 is 23.2 Å². The number of hydrogen-bond donors (Lipinski definition) is 4. The molecule has 0 bridgehead atoms. The molecule has 0 saturated heterocycles. The summed E-state index contributed by atoms with van der Waals surface area (Å²) in [5.74, 6) is -1.66.